The van der Waals surface area contributed by atoms with Gasteiger partial charge in [0, 0.05) is 12.8 Å². The van der Waals surface area contributed by atoms with Gasteiger partial charge in [-0.3, -0.25) is 13.8 Å². The van der Waals surface area contributed by atoms with E-state index in [-0.39, 0.29) is 24.4 Å². The Morgan fingerprint density at radius 1 is 0.714 bits per heavy atom. The maximum absolute atomic E-state index is 12.0. The Morgan fingerprint density at radius 2 is 1.11 bits per heavy atom. The minimum atomic E-state index is -4.47. The molecule has 0 bridgehead atoms. The first-order valence-electron chi connectivity index (χ1n) is 9.43. The van der Waals surface area contributed by atoms with Crippen LogP contribution in [-0.2, 0) is 23.0 Å². The van der Waals surface area contributed by atoms with Crippen LogP contribution in [0.1, 0.15) is 79.1 Å². The summed E-state index contributed by atoms with van der Waals surface area (Å²) in [6.45, 7) is 7.36. The zero-order valence-corrected chi connectivity index (χ0v) is 19.1. The van der Waals surface area contributed by atoms with E-state index in [1.54, 1.807) is 0 Å². The fourth-order valence-corrected chi connectivity index (χ4v) is 3.69. The van der Waals surface area contributed by atoms with E-state index in [0.717, 1.165) is 25.7 Å². The first-order valence-corrected chi connectivity index (χ1v) is 12.5. The summed E-state index contributed by atoms with van der Waals surface area (Å²) in [4.78, 5) is 46.9. The van der Waals surface area contributed by atoms with Gasteiger partial charge in [0.05, 0.1) is 13.2 Å². The summed E-state index contributed by atoms with van der Waals surface area (Å²) in [7, 11) is -8.92. The summed E-state index contributed by atoms with van der Waals surface area (Å²) in [6, 6.07) is 0. The lowest BCUT2D eigenvalue weighted by molar-refractivity contribution is -0.119. The molecule has 0 aliphatic carbocycles. The largest absolute Gasteiger partial charge is 0.469 e. The molecule has 0 unspecified atom stereocenters. The minimum Gasteiger partial charge on any atom is -0.303 e. The highest BCUT2D eigenvalue weighted by atomic mass is 31.2. The van der Waals surface area contributed by atoms with Crippen LogP contribution >= 0.6 is 15.6 Å². The van der Waals surface area contributed by atoms with E-state index >= 15 is 0 Å². The summed E-state index contributed by atoms with van der Waals surface area (Å²) in [5.74, 6) is 0.163. The molecule has 0 rings (SSSR count). The highest BCUT2D eigenvalue weighted by Gasteiger charge is 2.25. The number of hydrogen-bond acceptors (Lipinski definition) is 5. The monoisotopic (exact) mass is 446 g/mol. The number of rotatable bonds is 16. The van der Waals surface area contributed by atoms with E-state index < -0.39 is 21.1 Å². The van der Waals surface area contributed by atoms with Gasteiger partial charge in [-0.15, -0.1) is 0 Å². The van der Waals surface area contributed by atoms with Crippen LogP contribution in [0.25, 0.3) is 0 Å². The molecule has 0 heterocycles. The Hall–Kier alpha value is -0.110. The van der Waals surface area contributed by atoms with E-state index in [1.807, 2.05) is 27.7 Å². The van der Waals surface area contributed by atoms with Crippen LogP contribution in [0, 0.1) is 10.8 Å². The molecule has 9 nitrogen and oxygen atoms in total. The SMILES string of the molecule is CC(C)(CCCCCC(=O)CCCC(C)(C)COP(=O)(O)O)COP(=O)(O)O. The summed E-state index contributed by atoms with van der Waals surface area (Å²) < 4.78 is 30.6. The molecular formula is C17H36O9P2. The molecular weight excluding hydrogens is 410 g/mol. The van der Waals surface area contributed by atoms with Gasteiger partial charge in [0.25, 0.3) is 0 Å². The molecule has 0 aliphatic rings. The lowest BCUT2D eigenvalue weighted by Crippen LogP contribution is -2.19. The average Bonchev–Trinajstić information content (AvgIpc) is 2.49. The van der Waals surface area contributed by atoms with Crippen molar-refractivity contribution in [2.45, 2.75) is 79.1 Å². The van der Waals surface area contributed by atoms with Gasteiger partial charge in [-0.2, -0.15) is 0 Å². The summed E-state index contributed by atoms with van der Waals surface area (Å²) in [5, 5.41) is 0. The Balaban J connectivity index is 3.88. The maximum atomic E-state index is 12.0. The topological polar surface area (TPSA) is 151 Å². The van der Waals surface area contributed by atoms with Gasteiger partial charge < -0.3 is 19.6 Å². The van der Waals surface area contributed by atoms with Gasteiger partial charge in [0.15, 0.2) is 0 Å². The minimum absolute atomic E-state index is 0.0161. The van der Waals surface area contributed by atoms with E-state index in [9.17, 15) is 13.9 Å². The second-order valence-electron chi connectivity index (χ2n) is 8.81. The molecule has 0 fully saturated rings. The van der Waals surface area contributed by atoms with Crippen LogP contribution in [0.4, 0.5) is 0 Å². The standard InChI is InChI=1S/C17H36O9P2/c1-16(2,13-25-27(19,20)21)11-7-5-6-9-15(18)10-8-12-17(3,4)14-26-28(22,23)24/h5-14H2,1-4H3,(H2,19,20,21)(H2,22,23,24). The summed E-state index contributed by atoms with van der Waals surface area (Å²) in [6.07, 6.45) is 5.40. The number of unbranched alkanes of at least 4 members (excludes halogenated alkanes) is 2. The van der Waals surface area contributed by atoms with Crippen molar-refractivity contribution < 1.29 is 42.5 Å². The van der Waals surface area contributed by atoms with Crippen molar-refractivity contribution in [3.63, 3.8) is 0 Å². The molecule has 0 saturated heterocycles. The Kier molecular flexibility index (Phi) is 11.9. The third-order valence-electron chi connectivity index (χ3n) is 4.37. The van der Waals surface area contributed by atoms with Crippen LogP contribution in [0.2, 0.25) is 0 Å². The molecule has 4 N–H and O–H groups in total. The third-order valence-corrected chi connectivity index (χ3v) is 5.30. The first-order chi connectivity index (χ1) is 12.5. The second-order valence-corrected chi connectivity index (χ2v) is 11.3. The van der Waals surface area contributed by atoms with Gasteiger partial charge in [-0.25, -0.2) is 9.13 Å². The molecule has 0 aromatic heterocycles. The molecule has 0 spiro atoms. The van der Waals surface area contributed by atoms with Gasteiger partial charge in [-0.1, -0.05) is 40.5 Å². The number of ketones is 1. The molecule has 168 valence electrons. The lowest BCUT2D eigenvalue weighted by atomic mass is 9.87. The van der Waals surface area contributed by atoms with Crippen LogP contribution in [0.5, 0.6) is 0 Å². The quantitative estimate of drug-likeness (QED) is 0.204. The van der Waals surface area contributed by atoms with Gasteiger partial charge in [0.1, 0.15) is 5.78 Å². The smallest absolute Gasteiger partial charge is 0.303 e. The van der Waals surface area contributed by atoms with Gasteiger partial charge in [0.2, 0.25) is 0 Å². The van der Waals surface area contributed by atoms with Crippen molar-refractivity contribution in [2.24, 2.45) is 10.8 Å². The van der Waals surface area contributed by atoms with Crippen molar-refractivity contribution in [1.82, 2.24) is 0 Å². The van der Waals surface area contributed by atoms with Crippen molar-refractivity contribution >= 4 is 21.4 Å². The molecule has 28 heavy (non-hydrogen) atoms. The molecule has 0 aromatic carbocycles. The highest BCUT2D eigenvalue weighted by molar-refractivity contribution is 7.46. The molecule has 0 aromatic rings. The molecule has 0 radical (unpaired) electrons. The number of hydrogen-bond donors (Lipinski definition) is 4. The van der Waals surface area contributed by atoms with Gasteiger partial charge in [-0.05, 0) is 36.5 Å². The molecule has 0 saturated carbocycles. The molecule has 0 aliphatic heterocycles. The maximum Gasteiger partial charge on any atom is 0.469 e. The number of phosphoric acid groups is 2. The summed E-state index contributed by atoms with van der Waals surface area (Å²) in [5.41, 5.74) is -0.756. The fraction of sp³-hybridized carbons (Fsp3) is 0.941. The van der Waals surface area contributed by atoms with E-state index in [2.05, 4.69) is 9.05 Å². The van der Waals surface area contributed by atoms with Crippen LogP contribution in [-0.4, -0.2) is 38.6 Å². The van der Waals surface area contributed by atoms with Crippen molar-refractivity contribution in [2.75, 3.05) is 13.2 Å². The molecule has 0 amide bonds. The second kappa shape index (κ2) is 11.9. The highest BCUT2D eigenvalue weighted by Crippen LogP contribution is 2.40. The van der Waals surface area contributed by atoms with E-state index in [1.165, 1.54) is 0 Å². The number of phosphoric ester groups is 2. The summed E-state index contributed by atoms with van der Waals surface area (Å²) >= 11 is 0. The molecule has 11 heteroatoms. The van der Waals surface area contributed by atoms with Crippen LogP contribution in [0.15, 0.2) is 0 Å². The predicted octanol–water partition coefficient (Wildman–Crippen LogP) is 3.95. The van der Waals surface area contributed by atoms with E-state index in [4.69, 9.17) is 19.6 Å². The van der Waals surface area contributed by atoms with Crippen molar-refractivity contribution in [1.29, 1.82) is 0 Å². The lowest BCUT2D eigenvalue weighted by Gasteiger charge is -2.24. The van der Waals surface area contributed by atoms with Crippen molar-refractivity contribution in [3.05, 3.63) is 0 Å². The van der Waals surface area contributed by atoms with Crippen molar-refractivity contribution in [3.8, 4) is 0 Å². The van der Waals surface area contributed by atoms with Gasteiger partial charge >= 0.3 is 15.6 Å². The first kappa shape index (κ1) is 27.9. The Labute approximate surface area is 167 Å². The fourth-order valence-electron chi connectivity index (χ4n) is 2.65. The van der Waals surface area contributed by atoms with E-state index in [0.29, 0.717) is 25.7 Å². The zero-order valence-electron chi connectivity index (χ0n) is 17.3. The zero-order chi connectivity index (χ0) is 22.1. The van der Waals surface area contributed by atoms with Crippen LogP contribution in [0.3, 0.4) is 0 Å². The number of Topliss-reactive ketones (excluding diaryl/α,β-unsaturated/α-hetero) is 1. The third kappa shape index (κ3) is 18.0. The number of carbonyl (C=O) groups excluding carboxylic acids is 1. The number of carbonyl (C=O) groups is 1. The predicted molar refractivity (Wildman–Crippen MR) is 105 cm³/mol. The average molecular weight is 446 g/mol. The Morgan fingerprint density at radius 3 is 1.54 bits per heavy atom. The van der Waals surface area contributed by atoms with Crippen LogP contribution < -0.4 is 0 Å². The Bertz CT molecular complexity index is 563. The normalized spacial score (nSPS) is 13.7. The molecule has 0 atom stereocenters.